The lowest BCUT2D eigenvalue weighted by atomic mass is 10.1. The highest BCUT2D eigenvalue weighted by atomic mass is 79.9. The number of aromatic nitrogens is 3. The molecule has 0 atom stereocenters. The number of hydrogen-bond donors (Lipinski definition) is 0. The van der Waals surface area contributed by atoms with Crippen molar-refractivity contribution in [1.29, 1.82) is 0 Å². The zero-order chi connectivity index (χ0) is 8.06. The van der Waals surface area contributed by atoms with Crippen LogP contribution in [-0.4, -0.2) is 14.8 Å². The van der Waals surface area contributed by atoms with Crippen LogP contribution >= 0.6 is 15.9 Å². The van der Waals surface area contributed by atoms with Crippen LogP contribution in [0.15, 0.2) is 4.73 Å². The van der Waals surface area contributed by atoms with E-state index in [2.05, 4.69) is 32.9 Å². The SMILES string of the molecule is Cn1nc(Br)nc1C1(C)CC1. The van der Waals surface area contributed by atoms with Gasteiger partial charge in [0.05, 0.1) is 0 Å². The maximum absolute atomic E-state index is 4.31. The van der Waals surface area contributed by atoms with Crippen molar-refractivity contribution in [3.05, 3.63) is 10.6 Å². The van der Waals surface area contributed by atoms with E-state index in [1.165, 1.54) is 12.8 Å². The van der Waals surface area contributed by atoms with Crippen molar-refractivity contribution in [2.24, 2.45) is 7.05 Å². The van der Waals surface area contributed by atoms with Crippen LogP contribution in [0.3, 0.4) is 0 Å². The first-order valence-corrected chi connectivity index (χ1v) is 4.48. The summed E-state index contributed by atoms with van der Waals surface area (Å²) in [5, 5.41) is 4.14. The molecular formula is C7H10BrN3. The number of aryl methyl sites for hydroxylation is 1. The van der Waals surface area contributed by atoms with Gasteiger partial charge in [0.2, 0.25) is 4.73 Å². The highest BCUT2D eigenvalue weighted by Crippen LogP contribution is 2.46. The summed E-state index contributed by atoms with van der Waals surface area (Å²) in [6.07, 6.45) is 2.48. The van der Waals surface area contributed by atoms with Gasteiger partial charge in [-0.2, -0.15) is 0 Å². The van der Waals surface area contributed by atoms with Crippen LogP contribution < -0.4 is 0 Å². The van der Waals surface area contributed by atoms with E-state index in [4.69, 9.17) is 0 Å². The van der Waals surface area contributed by atoms with E-state index in [-0.39, 0.29) is 0 Å². The van der Waals surface area contributed by atoms with Crippen LogP contribution in [-0.2, 0) is 12.5 Å². The van der Waals surface area contributed by atoms with Crippen molar-refractivity contribution in [3.63, 3.8) is 0 Å². The molecule has 1 saturated carbocycles. The predicted molar refractivity (Wildman–Crippen MR) is 45.3 cm³/mol. The number of nitrogens with zero attached hydrogens (tertiary/aromatic N) is 3. The van der Waals surface area contributed by atoms with Gasteiger partial charge >= 0.3 is 0 Å². The lowest BCUT2D eigenvalue weighted by molar-refractivity contribution is 0.618. The van der Waals surface area contributed by atoms with Gasteiger partial charge in [-0.15, -0.1) is 5.10 Å². The van der Waals surface area contributed by atoms with Crippen LogP contribution in [0.2, 0.25) is 0 Å². The molecule has 3 nitrogen and oxygen atoms in total. The zero-order valence-electron chi connectivity index (χ0n) is 6.63. The quantitative estimate of drug-likeness (QED) is 0.714. The number of halogens is 1. The summed E-state index contributed by atoms with van der Waals surface area (Å²) in [5.41, 5.74) is 0.313. The minimum absolute atomic E-state index is 0.313. The molecule has 0 spiro atoms. The molecule has 1 heterocycles. The molecule has 0 aliphatic heterocycles. The largest absolute Gasteiger partial charge is 0.251 e. The van der Waals surface area contributed by atoms with Crippen LogP contribution in [0.1, 0.15) is 25.6 Å². The molecule has 0 N–H and O–H groups in total. The Bertz CT molecular complexity index is 288. The summed E-state index contributed by atoms with van der Waals surface area (Å²) in [6.45, 7) is 2.23. The Labute approximate surface area is 73.9 Å². The van der Waals surface area contributed by atoms with Crippen molar-refractivity contribution in [2.45, 2.75) is 25.2 Å². The first kappa shape index (κ1) is 7.28. The van der Waals surface area contributed by atoms with Crippen molar-refractivity contribution in [1.82, 2.24) is 14.8 Å². The minimum Gasteiger partial charge on any atom is -0.251 e. The monoisotopic (exact) mass is 215 g/mol. The summed E-state index contributed by atoms with van der Waals surface area (Å²) in [6, 6.07) is 0. The van der Waals surface area contributed by atoms with Gasteiger partial charge in [0.1, 0.15) is 5.82 Å². The third-order valence-electron chi connectivity index (χ3n) is 2.28. The average molecular weight is 216 g/mol. The van der Waals surface area contributed by atoms with Gasteiger partial charge < -0.3 is 0 Å². The lowest BCUT2D eigenvalue weighted by Crippen LogP contribution is -2.09. The van der Waals surface area contributed by atoms with Crippen LogP contribution in [0.5, 0.6) is 0 Å². The van der Waals surface area contributed by atoms with Crippen molar-refractivity contribution < 1.29 is 0 Å². The van der Waals surface area contributed by atoms with Gasteiger partial charge in [0.25, 0.3) is 0 Å². The average Bonchev–Trinajstić information content (AvgIpc) is 2.55. The Balaban J connectivity index is 2.44. The van der Waals surface area contributed by atoms with E-state index in [1.807, 2.05) is 11.7 Å². The maximum atomic E-state index is 4.31. The summed E-state index contributed by atoms with van der Waals surface area (Å²) in [5.74, 6) is 1.10. The molecule has 0 amide bonds. The lowest BCUT2D eigenvalue weighted by Gasteiger charge is -2.04. The normalized spacial score (nSPS) is 20.3. The molecule has 0 saturated heterocycles. The van der Waals surface area contributed by atoms with E-state index >= 15 is 0 Å². The topological polar surface area (TPSA) is 30.7 Å². The molecular weight excluding hydrogens is 206 g/mol. The third-order valence-corrected chi connectivity index (χ3v) is 2.61. The second kappa shape index (κ2) is 2.06. The summed E-state index contributed by atoms with van der Waals surface area (Å²) < 4.78 is 2.56. The minimum atomic E-state index is 0.313. The van der Waals surface area contributed by atoms with E-state index in [9.17, 15) is 0 Å². The van der Waals surface area contributed by atoms with Gasteiger partial charge in [0, 0.05) is 12.5 Å². The van der Waals surface area contributed by atoms with E-state index in [0.717, 1.165) is 5.82 Å². The molecule has 4 heteroatoms. The molecule has 0 radical (unpaired) electrons. The first-order chi connectivity index (χ1) is 5.12. The van der Waals surface area contributed by atoms with Crippen LogP contribution in [0.25, 0.3) is 0 Å². The van der Waals surface area contributed by atoms with Gasteiger partial charge in [-0.3, -0.25) is 4.68 Å². The maximum Gasteiger partial charge on any atom is 0.217 e. The standard InChI is InChI=1S/C7H10BrN3/c1-7(3-4-7)5-9-6(8)10-11(5)2/h3-4H2,1-2H3. The Morgan fingerprint density at radius 1 is 1.55 bits per heavy atom. The highest BCUT2D eigenvalue weighted by Gasteiger charge is 2.43. The molecule has 0 bridgehead atoms. The molecule has 2 rings (SSSR count). The molecule has 60 valence electrons. The Hall–Kier alpha value is -0.380. The van der Waals surface area contributed by atoms with Gasteiger partial charge in [-0.1, -0.05) is 6.92 Å². The van der Waals surface area contributed by atoms with E-state index < -0.39 is 0 Å². The summed E-state index contributed by atoms with van der Waals surface area (Å²) >= 11 is 3.26. The van der Waals surface area contributed by atoms with E-state index in [1.54, 1.807) is 0 Å². The predicted octanol–water partition coefficient (Wildman–Crippen LogP) is 1.63. The van der Waals surface area contributed by atoms with Gasteiger partial charge in [-0.25, -0.2) is 4.98 Å². The molecule has 1 aromatic rings. The molecule has 11 heavy (non-hydrogen) atoms. The first-order valence-electron chi connectivity index (χ1n) is 3.69. The Morgan fingerprint density at radius 2 is 2.18 bits per heavy atom. The molecule has 0 aromatic carbocycles. The third kappa shape index (κ3) is 1.09. The fourth-order valence-electron chi connectivity index (χ4n) is 1.29. The molecule has 0 unspecified atom stereocenters. The van der Waals surface area contributed by atoms with Gasteiger partial charge in [-0.05, 0) is 28.8 Å². The second-order valence-electron chi connectivity index (χ2n) is 3.39. The number of rotatable bonds is 1. The summed E-state index contributed by atoms with van der Waals surface area (Å²) in [7, 11) is 1.94. The smallest absolute Gasteiger partial charge is 0.217 e. The fraction of sp³-hybridized carbons (Fsp3) is 0.714. The molecule has 1 aliphatic rings. The second-order valence-corrected chi connectivity index (χ2v) is 4.10. The summed E-state index contributed by atoms with van der Waals surface area (Å²) in [4.78, 5) is 4.31. The molecule has 1 fully saturated rings. The van der Waals surface area contributed by atoms with Crippen LogP contribution in [0.4, 0.5) is 0 Å². The highest BCUT2D eigenvalue weighted by molar-refractivity contribution is 9.10. The Morgan fingerprint density at radius 3 is 2.55 bits per heavy atom. The van der Waals surface area contributed by atoms with Gasteiger partial charge in [0.15, 0.2) is 0 Å². The molecule has 1 aromatic heterocycles. The van der Waals surface area contributed by atoms with Crippen molar-refractivity contribution >= 4 is 15.9 Å². The number of hydrogen-bond acceptors (Lipinski definition) is 2. The fourth-order valence-corrected chi connectivity index (χ4v) is 1.70. The zero-order valence-corrected chi connectivity index (χ0v) is 8.22. The van der Waals surface area contributed by atoms with Crippen molar-refractivity contribution in [3.8, 4) is 0 Å². The van der Waals surface area contributed by atoms with Crippen LogP contribution in [0, 0.1) is 0 Å². The van der Waals surface area contributed by atoms with E-state index in [0.29, 0.717) is 10.1 Å². The van der Waals surface area contributed by atoms with Crippen molar-refractivity contribution in [2.75, 3.05) is 0 Å². The Kier molecular flexibility index (Phi) is 1.36. The molecule has 1 aliphatic carbocycles.